The van der Waals surface area contributed by atoms with Gasteiger partial charge in [0, 0.05) is 5.56 Å². The molecule has 0 aliphatic heterocycles. The van der Waals surface area contributed by atoms with Gasteiger partial charge in [-0.1, -0.05) is 30.3 Å². The summed E-state index contributed by atoms with van der Waals surface area (Å²) in [6.07, 6.45) is 0. The zero-order valence-corrected chi connectivity index (χ0v) is 16.9. The standard InChI is InChI=1S/C7H8N2.3Na.H3O4P/c8-7(9)6-4-2-1-3-5-6;;;;1-5(2,3)4/h1-5H,(H3,8,9);;;;(H3,1,2,3,4)/q;3*+1;/p-3. The number of rotatable bonds is 1. The van der Waals surface area contributed by atoms with E-state index < -0.39 is 7.82 Å². The molecule has 0 atom stereocenters. The topological polar surface area (TPSA) is 136 Å². The van der Waals surface area contributed by atoms with Crippen LogP contribution in [0.3, 0.4) is 0 Å². The number of phosphoric acid groups is 1. The number of hydrogen-bond donors (Lipinski definition) is 2. The van der Waals surface area contributed by atoms with Crippen LogP contribution >= 0.6 is 7.82 Å². The van der Waals surface area contributed by atoms with Crippen LogP contribution in [0.2, 0.25) is 0 Å². The van der Waals surface area contributed by atoms with Crippen LogP contribution in [0.15, 0.2) is 30.3 Å². The number of hydrogen-bond acceptors (Lipinski definition) is 5. The molecule has 0 aromatic heterocycles. The van der Waals surface area contributed by atoms with E-state index in [-0.39, 0.29) is 94.5 Å². The Morgan fingerprint density at radius 1 is 1.06 bits per heavy atom. The van der Waals surface area contributed by atoms with E-state index in [1.54, 1.807) is 0 Å². The Balaban J connectivity index is -0.0000000948. The second-order valence-electron chi connectivity index (χ2n) is 2.23. The van der Waals surface area contributed by atoms with Gasteiger partial charge in [-0.3, -0.25) is 5.41 Å². The van der Waals surface area contributed by atoms with E-state index in [9.17, 15) is 0 Å². The Labute approximate surface area is 166 Å². The molecule has 1 rings (SSSR count). The summed E-state index contributed by atoms with van der Waals surface area (Å²) in [5.74, 6) is 0.121. The summed E-state index contributed by atoms with van der Waals surface area (Å²) in [7, 11) is -5.39. The molecule has 0 radical (unpaired) electrons. The minimum Gasteiger partial charge on any atom is -0.822 e. The zero-order chi connectivity index (χ0) is 11.2. The van der Waals surface area contributed by atoms with E-state index in [2.05, 4.69) is 0 Å². The predicted octanol–water partition coefficient (Wildman–Crippen LogP) is -10.8. The molecule has 10 heteroatoms. The SMILES string of the molecule is N=C(N)c1ccccc1.O=P([O-])([O-])[O-].[Na+].[Na+].[Na+]. The van der Waals surface area contributed by atoms with E-state index >= 15 is 0 Å². The monoisotopic (exact) mass is 284 g/mol. The van der Waals surface area contributed by atoms with Crippen LogP contribution in [0, 0.1) is 5.41 Å². The van der Waals surface area contributed by atoms with Crippen molar-refractivity contribution in [3.63, 3.8) is 0 Å². The third-order valence-corrected chi connectivity index (χ3v) is 1.08. The Morgan fingerprint density at radius 2 is 1.35 bits per heavy atom. The molecule has 0 aliphatic carbocycles. The summed E-state index contributed by atoms with van der Waals surface area (Å²) in [4.78, 5) is 25.6. The number of amidine groups is 1. The molecule has 0 amide bonds. The second kappa shape index (κ2) is 14.2. The quantitative estimate of drug-likeness (QED) is 0.228. The van der Waals surface area contributed by atoms with Crippen LogP contribution in [-0.4, -0.2) is 5.84 Å². The van der Waals surface area contributed by atoms with Crippen LogP contribution in [0.1, 0.15) is 5.56 Å². The maximum atomic E-state index is 8.55. The molecule has 6 nitrogen and oxygen atoms in total. The molecule has 0 fully saturated rings. The fraction of sp³-hybridized carbons (Fsp3) is 0. The summed E-state index contributed by atoms with van der Waals surface area (Å²) in [5, 5.41) is 7.01. The average Bonchev–Trinajstić information content (AvgIpc) is 2.03. The number of nitrogens with one attached hydrogen (secondary N) is 1. The molecule has 0 saturated carbocycles. The molecule has 0 heterocycles. The molecule has 0 bridgehead atoms. The Bertz CT molecular complexity index is 338. The maximum Gasteiger partial charge on any atom is 1.00 e. The average molecular weight is 284 g/mol. The van der Waals surface area contributed by atoms with Crippen LogP contribution in [0.5, 0.6) is 0 Å². The van der Waals surface area contributed by atoms with Gasteiger partial charge in [-0.25, -0.2) is 0 Å². The largest absolute Gasteiger partial charge is 1.00 e. The van der Waals surface area contributed by atoms with Crippen LogP contribution in [0.4, 0.5) is 0 Å². The summed E-state index contributed by atoms with van der Waals surface area (Å²) >= 11 is 0. The molecule has 1 aromatic rings. The van der Waals surface area contributed by atoms with E-state index in [0.717, 1.165) is 5.56 Å². The van der Waals surface area contributed by atoms with Crippen LogP contribution < -0.4 is 109 Å². The minimum absolute atomic E-state index is 0. The minimum atomic E-state index is -5.39. The molecular formula is C7H8N2Na3O4P. The van der Waals surface area contributed by atoms with Gasteiger partial charge in [-0.15, -0.1) is 0 Å². The third-order valence-electron chi connectivity index (χ3n) is 1.08. The molecule has 0 unspecified atom stereocenters. The smallest absolute Gasteiger partial charge is 0.822 e. The fourth-order valence-corrected chi connectivity index (χ4v) is 0.618. The number of nitrogen functional groups attached to an aromatic ring is 1. The fourth-order valence-electron chi connectivity index (χ4n) is 0.618. The van der Waals surface area contributed by atoms with Crippen molar-refractivity contribution in [2.45, 2.75) is 0 Å². The predicted molar refractivity (Wildman–Crippen MR) is 45.1 cm³/mol. The first-order valence-corrected chi connectivity index (χ1v) is 4.89. The van der Waals surface area contributed by atoms with E-state index in [0.29, 0.717) is 0 Å². The molecule has 0 aliphatic rings. The van der Waals surface area contributed by atoms with Gasteiger partial charge >= 0.3 is 88.7 Å². The number of nitrogens with two attached hydrogens (primary N) is 1. The Kier molecular flexibility index (Phi) is 22.7. The van der Waals surface area contributed by atoms with Crippen molar-refractivity contribution in [1.82, 2.24) is 0 Å². The first-order valence-electron chi connectivity index (χ1n) is 3.43. The second-order valence-corrected chi connectivity index (χ2v) is 3.12. The first kappa shape index (κ1) is 27.2. The molecular weight excluding hydrogens is 276 g/mol. The summed E-state index contributed by atoms with van der Waals surface area (Å²) in [6.45, 7) is 0. The van der Waals surface area contributed by atoms with Crippen molar-refractivity contribution >= 4 is 13.7 Å². The van der Waals surface area contributed by atoms with Crippen molar-refractivity contribution in [1.29, 1.82) is 5.41 Å². The van der Waals surface area contributed by atoms with Gasteiger partial charge in [0.1, 0.15) is 5.84 Å². The number of benzene rings is 1. The van der Waals surface area contributed by atoms with Gasteiger partial charge in [-0.05, 0) is 0 Å². The van der Waals surface area contributed by atoms with Gasteiger partial charge in [0.15, 0.2) is 0 Å². The zero-order valence-electron chi connectivity index (χ0n) is 10.0. The third kappa shape index (κ3) is 23.3. The van der Waals surface area contributed by atoms with Gasteiger partial charge < -0.3 is 25.0 Å². The molecule has 78 valence electrons. The molecule has 0 saturated heterocycles. The van der Waals surface area contributed by atoms with E-state index in [1.807, 2.05) is 30.3 Å². The van der Waals surface area contributed by atoms with Crippen molar-refractivity contribution in [3.05, 3.63) is 35.9 Å². The van der Waals surface area contributed by atoms with Crippen LogP contribution in [-0.2, 0) is 4.57 Å². The Morgan fingerprint density at radius 3 is 1.53 bits per heavy atom. The summed E-state index contributed by atoms with van der Waals surface area (Å²) < 4.78 is 8.55. The summed E-state index contributed by atoms with van der Waals surface area (Å²) in [6, 6.07) is 9.23. The van der Waals surface area contributed by atoms with Crippen molar-refractivity contribution < 1.29 is 108 Å². The molecule has 1 aromatic carbocycles. The normalized spacial score (nSPS) is 8.18. The van der Waals surface area contributed by atoms with Crippen molar-refractivity contribution in [2.24, 2.45) is 5.73 Å². The van der Waals surface area contributed by atoms with Crippen LogP contribution in [0.25, 0.3) is 0 Å². The van der Waals surface area contributed by atoms with E-state index in [1.165, 1.54) is 0 Å². The van der Waals surface area contributed by atoms with Gasteiger partial charge in [0.25, 0.3) is 0 Å². The molecule has 0 spiro atoms. The Hall–Kier alpha value is 1.80. The van der Waals surface area contributed by atoms with E-state index in [4.69, 9.17) is 30.4 Å². The molecule has 17 heavy (non-hydrogen) atoms. The van der Waals surface area contributed by atoms with Gasteiger partial charge in [0.05, 0.1) is 0 Å². The summed E-state index contributed by atoms with van der Waals surface area (Å²) in [5.41, 5.74) is 5.97. The van der Waals surface area contributed by atoms with Gasteiger partial charge in [-0.2, -0.15) is 7.82 Å². The maximum absolute atomic E-state index is 8.55. The van der Waals surface area contributed by atoms with Crippen molar-refractivity contribution in [2.75, 3.05) is 0 Å². The molecule has 3 N–H and O–H groups in total. The first-order chi connectivity index (χ1) is 6.30. The van der Waals surface area contributed by atoms with Gasteiger partial charge in [0.2, 0.25) is 0 Å². The van der Waals surface area contributed by atoms with Crippen molar-refractivity contribution in [3.8, 4) is 0 Å².